The number of methoxy groups -OCH3 is 1. The summed E-state index contributed by atoms with van der Waals surface area (Å²) < 4.78 is 5.08. The molecule has 23 heavy (non-hydrogen) atoms. The third-order valence-electron chi connectivity index (χ3n) is 3.39. The summed E-state index contributed by atoms with van der Waals surface area (Å²) >= 11 is 6.06. The zero-order chi connectivity index (χ0) is 16.4. The van der Waals surface area contributed by atoms with Gasteiger partial charge in [0.25, 0.3) is 11.8 Å². The molecule has 2 aromatic rings. The summed E-state index contributed by atoms with van der Waals surface area (Å²) in [6, 6.07) is 13.9. The van der Waals surface area contributed by atoms with Gasteiger partial charge in [-0.2, -0.15) is 0 Å². The third-order valence-corrected chi connectivity index (χ3v) is 3.69. The molecule has 116 valence electrons. The van der Waals surface area contributed by atoms with Crippen LogP contribution >= 0.6 is 11.6 Å². The highest BCUT2D eigenvalue weighted by Crippen LogP contribution is 2.27. The van der Waals surface area contributed by atoms with Crippen LogP contribution in [0.1, 0.15) is 5.56 Å². The smallest absolute Gasteiger partial charge is 0.282 e. The maximum atomic E-state index is 12.4. The van der Waals surface area contributed by atoms with Gasteiger partial charge in [-0.05, 0) is 35.9 Å². The van der Waals surface area contributed by atoms with E-state index in [4.69, 9.17) is 16.3 Å². The fraction of sp³-hybridized carbons (Fsp3) is 0.0588. The Bertz CT molecular complexity index is 803. The van der Waals surface area contributed by atoms with Gasteiger partial charge in [-0.15, -0.1) is 0 Å². The fourth-order valence-electron chi connectivity index (χ4n) is 2.26. The zero-order valence-electron chi connectivity index (χ0n) is 12.2. The normalized spacial score (nSPS) is 15.9. The second kappa shape index (κ2) is 6.14. The van der Waals surface area contributed by atoms with Crippen molar-refractivity contribution >= 4 is 35.2 Å². The van der Waals surface area contributed by atoms with E-state index in [-0.39, 0.29) is 5.57 Å². The molecule has 1 heterocycles. The van der Waals surface area contributed by atoms with Crippen molar-refractivity contribution in [3.8, 4) is 5.75 Å². The van der Waals surface area contributed by atoms with E-state index in [1.165, 1.54) is 18.2 Å². The summed E-state index contributed by atoms with van der Waals surface area (Å²) in [6.07, 6.45) is 1.51. The quantitative estimate of drug-likeness (QED) is 0.696. The molecule has 0 radical (unpaired) electrons. The number of anilines is 1. The number of carbonyl (C=O) groups is 2. The van der Waals surface area contributed by atoms with Crippen LogP contribution in [0, 0.1) is 0 Å². The number of para-hydroxylation sites is 1. The van der Waals surface area contributed by atoms with Crippen LogP contribution in [-0.4, -0.2) is 18.9 Å². The number of hydrogen-bond donors (Lipinski definition) is 1. The first kappa shape index (κ1) is 15.1. The molecule has 3 rings (SSSR count). The molecular formula is C17H13ClN2O3. The maximum absolute atomic E-state index is 12.4. The van der Waals surface area contributed by atoms with E-state index >= 15 is 0 Å². The van der Waals surface area contributed by atoms with E-state index in [2.05, 4.69) is 5.43 Å². The molecule has 0 atom stereocenters. The number of halogens is 1. The molecule has 2 aromatic carbocycles. The molecule has 0 unspecified atom stereocenters. The van der Waals surface area contributed by atoms with Crippen LogP contribution in [-0.2, 0) is 9.59 Å². The average molecular weight is 329 g/mol. The third kappa shape index (κ3) is 2.91. The number of hydrogen-bond acceptors (Lipinski definition) is 3. The van der Waals surface area contributed by atoms with E-state index in [0.29, 0.717) is 22.0 Å². The molecule has 1 aliphatic rings. The predicted octanol–water partition coefficient (Wildman–Crippen LogP) is 2.81. The van der Waals surface area contributed by atoms with Crippen molar-refractivity contribution in [1.29, 1.82) is 0 Å². The summed E-state index contributed by atoms with van der Waals surface area (Å²) in [7, 11) is 1.52. The lowest BCUT2D eigenvalue weighted by Gasteiger charge is -2.13. The number of benzene rings is 2. The van der Waals surface area contributed by atoms with Crippen molar-refractivity contribution in [2.45, 2.75) is 0 Å². The van der Waals surface area contributed by atoms with E-state index in [9.17, 15) is 9.59 Å². The van der Waals surface area contributed by atoms with E-state index in [1.54, 1.807) is 42.5 Å². The standard InChI is InChI=1S/C17H13ClN2O3/c1-23-15-8-7-11(10-14(15)18)9-13-16(21)19-20(17(13)22)12-5-3-2-4-6-12/h2-10H,1H3,(H,19,21)/b13-9-. The van der Waals surface area contributed by atoms with Crippen molar-refractivity contribution in [2.24, 2.45) is 0 Å². The first-order valence-corrected chi connectivity index (χ1v) is 7.23. The maximum Gasteiger partial charge on any atom is 0.282 e. The lowest BCUT2D eigenvalue weighted by molar-refractivity contribution is -0.117. The molecule has 1 aliphatic heterocycles. The van der Waals surface area contributed by atoms with Crippen LogP contribution in [0.3, 0.4) is 0 Å². The number of rotatable bonds is 3. The zero-order valence-corrected chi connectivity index (χ0v) is 13.0. The Morgan fingerprint density at radius 3 is 2.52 bits per heavy atom. The topological polar surface area (TPSA) is 58.6 Å². The first-order chi connectivity index (χ1) is 11.1. The Balaban J connectivity index is 1.92. The van der Waals surface area contributed by atoms with E-state index < -0.39 is 11.8 Å². The van der Waals surface area contributed by atoms with Gasteiger partial charge in [-0.3, -0.25) is 15.0 Å². The van der Waals surface area contributed by atoms with Crippen LogP contribution in [0.25, 0.3) is 6.08 Å². The average Bonchev–Trinajstić information content (AvgIpc) is 2.84. The molecule has 1 fully saturated rings. The van der Waals surface area contributed by atoms with Crippen LogP contribution in [0.4, 0.5) is 5.69 Å². The molecule has 0 spiro atoms. The van der Waals surface area contributed by atoms with Crippen molar-refractivity contribution in [1.82, 2.24) is 5.43 Å². The molecule has 6 heteroatoms. The molecule has 0 aliphatic carbocycles. The highest BCUT2D eigenvalue weighted by Gasteiger charge is 2.34. The summed E-state index contributed by atoms with van der Waals surface area (Å²) in [6.45, 7) is 0. The number of nitrogens with one attached hydrogen (secondary N) is 1. The highest BCUT2D eigenvalue weighted by atomic mass is 35.5. The Labute approximate surface area is 138 Å². The van der Waals surface area contributed by atoms with Crippen LogP contribution in [0.2, 0.25) is 5.02 Å². The second-order valence-corrected chi connectivity index (χ2v) is 5.28. The number of amides is 2. The minimum atomic E-state index is -0.453. The molecule has 5 nitrogen and oxygen atoms in total. The monoisotopic (exact) mass is 328 g/mol. The van der Waals surface area contributed by atoms with Gasteiger partial charge in [0.05, 0.1) is 17.8 Å². The number of nitrogens with zero attached hydrogens (tertiary/aromatic N) is 1. The molecule has 0 bridgehead atoms. The van der Waals surface area contributed by atoms with Gasteiger partial charge in [0, 0.05) is 0 Å². The first-order valence-electron chi connectivity index (χ1n) is 6.86. The lowest BCUT2D eigenvalue weighted by Crippen LogP contribution is -2.35. The van der Waals surface area contributed by atoms with Gasteiger partial charge < -0.3 is 4.74 Å². The largest absolute Gasteiger partial charge is 0.495 e. The van der Waals surface area contributed by atoms with Crippen LogP contribution in [0.5, 0.6) is 5.75 Å². The summed E-state index contributed by atoms with van der Waals surface area (Å²) in [4.78, 5) is 24.5. The van der Waals surface area contributed by atoms with Crippen molar-refractivity contribution in [3.63, 3.8) is 0 Å². The van der Waals surface area contributed by atoms with Gasteiger partial charge >= 0.3 is 0 Å². The van der Waals surface area contributed by atoms with Crippen LogP contribution < -0.4 is 15.2 Å². The van der Waals surface area contributed by atoms with Crippen LogP contribution in [0.15, 0.2) is 54.1 Å². The minimum absolute atomic E-state index is 0.0510. The predicted molar refractivity (Wildman–Crippen MR) is 88.1 cm³/mol. The molecule has 0 saturated carbocycles. The fourth-order valence-corrected chi connectivity index (χ4v) is 2.52. The SMILES string of the molecule is COc1ccc(/C=C2/C(=O)NN(c3ccccc3)C2=O)cc1Cl. The van der Waals surface area contributed by atoms with Gasteiger partial charge in [-0.25, -0.2) is 5.01 Å². The Hall–Kier alpha value is -2.79. The van der Waals surface area contributed by atoms with Gasteiger partial charge in [0.1, 0.15) is 11.3 Å². The van der Waals surface area contributed by atoms with E-state index in [0.717, 1.165) is 0 Å². The second-order valence-electron chi connectivity index (χ2n) is 4.87. The lowest BCUT2D eigenvalue weighted by atomic mass is 10.1. The Morgan fingerprint density at radius 2 is 1.87 bits per heavy atom. The minimum Gasteiger partial charge on any atom is -0.495 e. The highest BCUT2D eigenvalue weighted by molar-refractivity contribution is 6.33. The Morgan fingerprint density at radius 1 is 1.13 bits per heavy atom. The molecule has 0 aromatic heterocycles. The van der Waals surface area contributed by atoms with Gasteiger partial charge in [-0.1, -0.05) is 35.9 Å². The van der Waals surface area contributed by atoms with Crippen molar-refractivity contribution < 1.29 is 14.3 Å². The summed E-state index contributed by atoms with van der Waals surface area (Å²) in [5.41, 5.74) is 3.84. The molecule has 1 saturated heterocycles. The molecule has 1 N–H and O–H groups in total. The van der Waals surface area contributed by atoms with Gasteiger partial charge in [0.15, 0.2) is 0 Å². The van der Waals surface area contributed by atoms with Crippen molar-refractivity contribution in [2.75, 3.05) is 12.1 Å². The number of hydrazine groups is 1. The summed E-state index contributed by atoms with van der Waals surface area (Å²) in [5.74, 6) is -0.333. The molecular weight excluding hydrogens is 316 g/mol. The van der Waals surface area contributed by atoms with Gasteiger partial charge in [0.2, 0.25) is 0 Å². The van der Waals surface area contributed by atoms with E-state index in [1.807, 2.05) is 6.07 Å². The summed E-state index contributed by atoms with van der Waals surface area (Å²) in [5, 5.41) is 1.63. The number of ether oxygens (including phenoxy) is 1. The molecule has 2 amide bonds. The Kier molecular flexibility index (Phi) is 4.04. The van der Waals surface area contributed by atoms with Crippen molar-refractivity contribution in [3.05, 3.63) is 64.7 Å². The number of carbonyl (C=O) groups excluding carboxylic acids is 2.